The fourth-order valence-corrected chi connectivity index (χ4v) is 3.30. The lowest BCUT2D eigenvalue weighted by atomic mass is 9.85. The molecule has 0 bridgehead atoms. The fraction of sp³-hybridized carbons (Fsp3) is 0.545. The molecule has 1 unspecified atom stereocenters. The first-order valence-electron chi connectivity index (χ1n) is 10.5. The maximum atomic E-state index is 14.5. The molecule has 2 amide bonds. The first-order chi connectivity index (χ1) is 15.1. The number of amides is 2. The zero-order chi connectivity index (χ0) is 23.9. The van der Waals surface area contributed by atoms with Gasteiger partial charge in [-0.05, 0) is 24.3 Å². The van der Waals surface area contributed by atoms with Crippen LogP contribution in [-0.2, 0) is 11.3 Å². The van der Waals surface area contributed by atoms with E-state index >= 15 is 0 Å². The third kappa shape index (κ3) is 6.02. The molecule has 1 heterocycles. The average molecular weight is 448 g/mol. The van der Waals surface area contributed by atoms with E-state index < -0.39 is 48.3 Å². The molecule has 4 N–H and O–H groups in total. The molecular weight excluding hydrogens is 417 g/mol. The number of fused-ring (bicyclic) bond motifs is 1. The number of nitrogens with zero attached hydrogens (tertiary/aromatic N) is 3. The van der Waals surface area contributed by atoms with Crippen LogP contribution in [0.3, 0.4) is 0 Å². The van der Waals surface area contributed by atoms with Crippen LogP contribution in [0.15, 0.2) is 18.2 Å². The van der Waals surface area contributed by atoms with Crippen molar-refractivity contribution in [1.82, 2.24) is 20.4 Å². The minimum atomic E-state index is -1.00. The Bertz CT molecular complexity index is 989. The van der Waals surface area contributed by atoms with Crippen LogP contribution in [0.2, 0.25) is 0 Å². The highest BCUT2D eigenvalue weighted by atomic mass is 19.1. The number of aryl methyl sites for hydroxylation is 1. The molecule has 0 saturated heterocycles. The van der Waals surface area contributed by atoms with Gasteiger partial charge in [-0.1, -0.05) is 32.9 Å². The van der Waals surface area contributed by atoms with Crippen molar-refractivity contribution >= 4 is 22.7 Å². The number of unbranched alkanes of at least 4 members (excludes halogenated alkanes) is 2. The number of nitriles is 1. The molecule has 0 fully saturated rings. The lowest BCUT2D eigenvalue weighted by Crippen LogP contribution is -2.56. The van der Waals surface area contributed by atoms with Gasteiger partial charge in [-0.15, -0.1) is 0 Å². The highest BCUT2D eigenvalue weighted by Crippen LogP contribution is 2.24. The summed E-state index contributed by atoms with van der Waals surface area (Å²) in [5.41, 5.74) is -0.523. The predicted octanol–water partition coefficient (Wildman–Crippen LogP) is 1.48. The fourth-order valence-electron chi connectivity index (χ4n) is 3.30. The van der Waals surface area contributed by atoms with Gasteiger partial charge in [-0.3, -0.25) is 14.3 Å². The van der Waals surface area contributed by atoms with Crippen molar-refractivity contribution in [2.45, 2.75) is 58.7 Å². The highest BCUT2D eigenvalue weighted by molar-refractivity contribution is 6.06. The number of hydrogen-bond donors (Lipinski definition) is 4. The molecule has 10 heteroatoms. The number of aliphatic hydroxyl groups is 2. The second kappa shape index (κ2) is 11.0. The van der Waals surface area contributed by atoms with E-state index in [0.717, 1.165) is 0 Å². The van der Waals surface area contributed by atoms with Crippen molar-refractivity contribution in [3.63, 3.8) is 0 Å². The summed E-state index contributed by atoms with van der Waals surface area (Å²) in [5.74, 6) is -1.73. The molecule has 0 radical (unpaired) electrons. The van der Waals surface area contributed by atoms with Crippen LogP contribution in [-0.4, -0.2) is 57.1 Å². The molecular formula is C22H30FN5O4. The largest absolute Gasteiger partial charge is 0.394 e. The molecule has 1 aromatic heterocycles. The zero-order valence-corrected chi connectivity index (χ0v) is 18.6. The molecule has 32 heavy (non-hydrogen) atoms. The maximum Gasteiger partial charge on any atom is 0.273 e. The Morgan fingerprint density at radius 3 is 2.50 bits per heavy atom. The first kappa shape index (κ1) is 25.2. The second-order valence-corrected chi connectivity index (χ2v) is 8.67. The number of aromatic nitrogens is 2. The van der Waals surface area contributed by atoms with Gasteiger partial charge >= 0.3 is 0 Å². The van der Waals surface area contributed by atoms with Gasteiger partial charge in [-0.2, -0.15) is 10.4 Å². The standard InChI is InChI=1S/C22H30FN5O4/c1-22(2,3)19(21(32)25-14(12-29)13-30)26-20(31)17-15-8-7-9-16(23)18(15)28(27-17)11-6-4-5-10-24/h7-9,14,19,29-30H,4-6,11-13H2,1-3H3,(H,25,32)(H,26,31). The number of rotatable bonds is 10. The van der Waals surface area contributed by atoms with E-state index in [9.17, 15) is 24.2 Å². The monoisotopic (exact) mass is 447 g/mol. The minimum absolute atomic E-state index is 0.0114. The average Bonchev–Trinajstić information content (AvgIpc) is 3.12. The van der Waals surface area contributed by atoms with Crippen molar-refractivity contribution in [2.75, 3.05) is 13.2 Å². The number of para-hydroxylation sites is 1. The molecule has 2 aromatic rings. The molecule has 1 aromatic carbocycles. The van der Waals surface area contributed by atoms with Gasteiger partial charge < -0.3 is 20.8 Å². The van der Waals surface area contributed by atoms with Crippen molar-refractivity contribution in [1.29, 1.82) is 5.26 Å². The minimum Gasteiger partial charge on any atom is -0.394 e. The Hall–Kier alpha value is -3.03. The summed E-state index contributed by atoms with van der Waals surface area (Å²) < 4.78 is 16.0. The number of hydrogen-bond acceptors (Lipinski definition) is 6. The van der Waals surface area contributed by atoms with E-state index in [2.05, 4.69) is 21.8 Å². The topological polar surface area (TPSA) is 140 Å². The molecule has 0 saturated carbocycles. The van der Waals surface area contributed by atoms with Gasteiger partial charge in [0.1, 0.15) is 17.4 Å². The number of nitrogens with one attached hydrogen (secondary N) is 2. The lowest BCUT2D eigenvalue weighted by Gasteiger charge is -2.31. The van der Waals surface area contributed by atoms with Gasteiger partial charge in [0.2, 0.25) is 5.91 Å². The maximum absolute atomic E-state index is 14.5. The summed E-state index contributed by atoms with van der Waals surface area (Å²) in [6, 6.07) is 4.56. The Balaban J connectivity index is 2.34. The Morgan fingerprint density at radius 1 is 1.22 bits per heavy atom. The van der Waals surface area contributed by atoms with E-state index in [1.54, 1.807) is 26.8 Å². The van der Waals surface area contributed by atoms with Gasteiger partial charge in [-0.25, -0.2) is 4.39 Å². The third-order valence-electron chi connectivity index (χ3n) is 5.04. The quantitative estimate of drug-likeness (QED) is 0.407. The predicted molar refractivity (Wildman–Crippen MR) is 116 cm³/mol. The van der Waals surface area contributed by atoms with Crippen molar-refractivity contribution in [3.05, 3.63) is 29.7 Å². The normalized spacial score (nSPS) is 12.6. The van der Waals surface area contributed by atoms with Crippen LogP contribution in [0.5, 0.6) is 0 Å². The van der Waals surface area contributed by atoms with Crippen LogP contribution >= 0.6 is 0 Å². The molecule has 174 valence electrons. The second-order valence-electron chi connectivity index (χ2n) is 8.67. The number of aliphatic hydroxyl groups excluding tert-OH is 2. The van der Waals surface area contributed by atoms with Crippen molar-refractivity contribution in [3.8, 4) is 6.07 Å². The number of carbonyl (C=O) groups excluding carboxylic acids is 2. The number of carbonyl (C=O) groups is 2. The van der Waals surface area contributed by atoms with Gasteiger partial charge in [0.15, 0.2) is 5.69 Å². The van der Waals surface area contributed by atoms with Gasteiger partial charge in [0, 0.05) is 18.4 Å². The van der Waals surface area contributed by atoms with E-state index in [1.807, 2.05) is 0 Å². The van der Waals surface area contributed by atoms with Crippen molar-refractivity contribution in [2.24, 2.45) is 5.41 Å². The molecule has 9 nitrogen and oxygen atoms in total. The summed E-state index contributed by atoms with van der Waals surface area (Å²) in [6.45, 7) is 4.71. The molecule has 0 aliphatic heterocycles. The van der Waals surface area contributed by atoms with E-state index in [-0.39, 0.29) is 11.2 Å². The van der Waals surface area contributed by atoms with Crippen molar-refractivity contribution < 1.29 is 24.2 Å². The summed E-state index contributed by atoms with van der Waals surface area (Å²) >= 11 is 0. The van der Waals surface area contributed by atoms with Crippen LogP contribution in [0.1, 0.15) is 50.5 Å². The first-order valence-corrected chi connectivity index (χ1v) is 10.5. The van der Waals surface area contributed by atoms with E-state index in [4.69, 9.17) is 5.26 Å². The van der Waals surface area contributed by atoms with E-state index in [1.165, 1.54) is 16.8 Å². The molecule has 0 aliphatic carbocycles. The molecule has 2 rings (SSSR count). The van der Waals surface area contributed by atoms with Gasteiger partial charge in [0.25, 0.3) is 5.91 Å². The molecule has 0 spiro atoms. The van der Waals surface area contributed by atoms with E-state index in [0.29, 0.717) is 31.2 Å². The van der Waals surface area contributed by atoms with Crippen LogP contribution in [0.4, 0.5) is 4.39 Å². The van der Waals surface area contributed by atoms with Crippen LogP contribution in [0.25, 0.3) is 10.9 Å². The highest BCUT2D eigenvalue weighted by Gasteiger charge is 2.35. The summed E-state index contributed by atoms with van der Waals surface area (Å²) in [6.07, 6.45) is 1.59. The summed E-state index contributed by atoms with van der Waals surface area (Å²) in [5, 5.41) is 37.0. The SMILES string of the molecule is CC(C)(C)C(NC(=O)c1nn(CCCCC#N)c2c(F)cccc12)C(=O)NC(CO)CO. The van der Waals surface area contributed by atoms with Crippen LogP contribution in [0, 0.1) is 22.6 Å². The molecule has 1 atom stereocenters. The summed E-state index contributed by atoms with van der Waals surface area (Å²) in [7, 11) is 0. The summed E-state index contributed by atoms with van der Waals surface area (Å²) in [4.78, 5) is 25.9. The Kier molecular flexibility index (Phi) is 8.69. The third-order valence-corrected chi connectivity index (χ3v) is 5.04. The Labute approximate surface area is 186 Å². The number of halogens is 1. The number of benzene rings is 1. The Morgan fingerprint density at radius 2 is 1.91 bits per heavy atom. The lowest BCUT2D eigenvalue weighted by molar-refractivity contribution is -0.126. The van der Waals surface area contributed by atoms with Gasteiger partial charge in [0.05, 0.1) is 25.3 Å². The zero-order valence-electron chi connectivity index (χ0n) is 18.6. The smallest absolute Gasteiger partial charge is 0.273 e. The van der Waals surface area contributed by atoms with Crippen LogP contribution < -0.4 is 10.6 Å². The molecule has 0 aliphatic rings.